The van der Waals surface area contributed by atoms with Crippen molar-refractivity contribution in [1.82, 2.24) is 4.90 Å². The molecular formula is C22H27NO2. The zero-order chi connectivity index (χ0) is 17.3. The van der Waals surface area contributed by atoms with Crippen molar-refractivity contribution in [2.75, 3.05) is 6.54 Å². The Labute approximate surface area is 150 Å². The molecule has 0 atom stereocenters. The molecule has 1 heterocycles. The smallest absolute Gasteiger partial charge is 0.222 e. The summed E-state index contributed by atoms with van der Waals surface area (Å²) in [5.74, 6) is 2.14. The van der Waals surface area contributed by atoms with Gasteiger partial charge in [0.05, 0.1) is 0 Å². The molecule has 3 nitrogen and oxygen atoms in total. The van der Waals surface area contributed by atoms with E-state index in [9.17, 15) is 4.79 Å². The Morgan fingerprint density at radius 3 is 1.80 bits per heavy atom. The average Bonchev–Trinajstić information content (AvgIpc) is 3.11. The lowest BCUT2D eigenvalue weighted by Gasteiger charge is -2.30. The van der Waals surface area contributed by atoms with Crippen molar-refractivity contribution in [2.24, 2.45) is 0 Å². The van der Waals surface area contributed by atoms with E-state index in [1.807, 2.05) is 60.7 Å². The summed E-state index contributed by atoms with van der Waals surface area (Å²) < 4.78 is 5.58. The number of para-hydroxylation sites is 2. The van der Waals surface area contributed by atoms with Crippen LogP contribution in [0.3, 0.4) is 0 Å². The van der Waals surface area contributed by atoms with E-state index >= 15 is 0 Å². The van der Waals surface area contributed by atoms with Crippen molar-refractivity contribution in [2.45, 2.75) is 51.0 Å². The van der Waals surface area contributed by atoms with Crippen LogP contribution in [0.5, 0.6) is 11.5 Å². The summed E-state index contributed by atoms with van der Waals surface area (Å²) >= 11 is 0. The number of nitrogens with zero attached hydrogens (tertiary/aromatic N) is 1. The molecule has 1 saturated heterocycles. The van der Waals surface area contributed by atoms with Gasteiger partial charge in [-0.15, -0.1) is 0 Å². The molecule has 0 radical (unpaired) electrons. The first-order chi connectivity index (χ1) is 12.3. The van der Waals surface area contributed by atoms with Crippen LogP contribution in [0.25, 0.3) is 0 Å². The van der Waals surface area contributed by atoms with Gasteiger partial charge in [-0.05, 0) is 43.5 Å². The molecule has 0 aromatic heterocycles. The summed E-state index contributed by atoms with van der Waals surface area (Å²) in [6, 6.07) is 20.1. The van der Waals surface area contributed by atoms with E-state index in [-0.39, 0.29) is 0 Å². The molecule has 3 heteroatoms. The Morgan fingerprint density at radius 1 is 0.760 bits per heavy atom. The lowest BCUT2D eigenvalue weighted by molar-refractivity contribution is -0.130. The van der Waals surface area contributed by atoms with Gasteiger partial charge in [0.15, 0.2) is 0 Å². The monoisotopic (exact) mass is 337 g/mol. The highest BCUT2D eigenvalue weighted by atomic mass is 16.5. The molecule has 4 rings (SSSR count). The van der Waals surface area contributed by atoms with E-state index in [4.69, 9.17) is 4.74 Å². The Bertz CT molecular complexity index is 598. The lowest BCUT2D eigenvalue weighted by Crippen LogP contribution is -2.37. The molecule has 25 heavy (non-hydrogen) atoms. The van der Waals surface area contributed by atoms with Gasteiger partial charge in [-0.1, -0.05) is 55.7 Å². The van der Waals surface area contributed by atoms with Crippen LogP contribution in [0.15, 0.2) is 60.7 Å². The predicted molar refractivity (Wildman–Crippen MR) is 101 cm³/mol. The topological polar surface area (TPSA) is 29.5 Å². The molecule has 2 fully saturated rings. The van der Waals surface area contributed by atoms with Gasteiger partial charge < -0.3 is 9.64 Å². The highest BCUT2D eigenvalue weighted by Gasteiger charge is 2.28. The minimum Gasteiger partial charge on any atom is -0.457 e. The summed E-state index contributed by atoms with van der Waals surface area (Å²) in [6.07, 6.45) is 8.44. The molecule has 2 aliphatic rings. The van der Waals surface area contributed by atoms with Crippen LogP contribution in [-0.2, 0) is 4.79 Å². The summed E-state index contributed by atoms with van der Waals surface area (Å²) in [5.41, 5.74) is 0. The molecule has 0 unspecified atom stereocenters. The quantitative estimate of drug-likeness (QED) is 0.748. The van der Waals surface area contributed by atoms with Gasteiger partial charge in [0, 0.05) is 19.0 Å². The van der Waals surface area contributed by atoms with E-state index in [0.29, 0.717) is 11.9 Å². The zero-order valence-electron chi connectivity index (χ0n) is 14.8. The summed E-state index contributed by atoms with van der Waals surface area (Å²) in [4.78, 5) is 13.5. The lowest BCUT2D eigenvalue weighted by atomic mass is 9.94. The molecule has 2 aromatic rings. The van der Waals surface area contributed by atoms with Crippen LogP contribution < -0.4 is 4.74 Å². The summed E-state index contributed by atoms with van der Waals surface area (Å²) in [6.45, 7) is 1.03. The van der Waals surface area contributed by atoms with Crippen molar-refractivity contribution in [1.29, 1.82) is 0 Å². The fourth-order valence-electron chi connectivity index (χ4n) is 3.56. The standard InChI is InChI=1S/C12H10O.C10H17NO/c1-3-7-11(8-4-1)13-12-9-5-2-6-10-12;12-10-7-4-8-11(10)9-5-2-1-3-6-9/h1-10H;9H,1-8H2. The van der Waals surface area contributed by atoms with Crippen LogP contribution >= 0.6 is 0 Å². The highest BCUT2D eigenvalue weighted by Crippen LogP contribution is 2.26. The van der Waals surface area contributed by atoms with Gasteiger partial charge in [0.2, 0.25) is 5.91 Å². The number of likely N-dealkylation sites (tertiary alicyclic amines) is 1. The normalized spacial score (nSPS) is 17.8. The maximum absolute atomic E-state index is 11.4. The maximum Gasteiger partial charge on any atom is 0.222 e. The van der Waals surface area contributed by atoms with Gasteiger partial charge in [-0.2, -0.15) is 0 Å². The van der Waals surface area contributed by atoms with Crippen LogP contribution in [0.1, 0.15) is 44.9 Å². The number of carbonyl (C=O) groups is 1. The first kappa shape index (κ1) is 17.5. The second kappa shape index (κ2) is 9.26. The Kier molecular flexibility index (Phi) is 6.49. The van der Waals surface area contributed by atoms with Crippen LogP contribution in [0.2, 0.25) is 0 Å². The largest absolute Gasteiger partial charge is 0.457 e. The Balaban J connectivity index is 0.000000146. The number of ether oxygens (including phenoxy) is 1. The number of benzene rings is 2. The minimum absolute atomic E-state index is 0.405. The molecule has 0 bridgehead atoms. The molecule has 132 valence electrons. The molecule has 1 amide bonds. The third kappa shape index (κ3) is 5.35. The van der Waals surface area contributed by atoms with Gasteiger partial charge in [0.25, 0.3) is 0 Å². The van der Waals surface area contributed by atoms with E-state index in [1.165, 1.54) is 32.1 Å². The Morgan fingerprint density at radius 2 is 1.32 bits per heavy atom. The van der Waals surface area contributed by atoms with Crippen molar-refractivity contribution in [3.05, 3.63) is 60.7 Å². The number of carbonyl (C=O) groups excluding carboxylic acids is 1. The second-order valence-corrected chi connectivity index (χ2v) is 6.71. The van der Waals surface area contributed by atoms with E-state index in [1.54, 1.807) is 0 Å². The molecule has 1 saturated carbocycles. The number of hydrogen-bond donors (Lipinski definition) is 0. The maximum atomic E-state index is 11.4. The van der Waals surface area contributed by atoms with E-state index in [2.05, 4.69) is 4.90 Å². The highest BCUT2D eigenvalue weighted by molar-refractivity contribution is 5.78. The third-order valence-electron chi connectivity index (χ3n) is 4.85. The second-order valence-electron chi connectivity index (χ2n) is 6.71. The van der Waals surface area contributed by atoms with Gasteiger partial charge in [-0.3, -0.25) is 4.79 Å². The van der Waals surface area contributed by atoms with E-state index in [0.717, 1.165) is 30.9 Å². The molecule has 0 N–H and O–H groups in total. The third-order valence-corrected chi connectivity index (χ3v) is 4.85. The molecular weight excluding hydrogens is 310 g/mol. The van der Waals surface area contributed by atoms with Crippen LogP contribution in [-0.4, -0.2) is 23.4 Å². The first-order valence-electron chi connectivity index (χ1n) is 9.40. The molecule has 1 aliphatic heterocycles. The molecule has 1 aliphatic carbocycles. The zero-order valence-corrected chi connectivity index (χ0v) is 14.8. The molecule has 2 aromatic carbocycles. The van der Waals surface area contributed by atoms with Gasteiger partial charge in [-0.25, -0.2) is 0 Å². The summed E-state index contributed by atoms with van der Waals surface area (Å²) in [5, 5.41) is 0. The van der Waals surface area contributed by atoms with Crippen molar-refractivity contribution in [3.8, 4) is 11.5 Å². The fourth-order valence-corrected chi connectivity index (χ4v) is 3.56. The predicted octanol–water partition coefficient (Wildman–Crippen LogP) is 5.42. The van der Waals surface area contributed by atoms with Gasteiger partial charge >= 0.3 is 0 Å². The summed E-state index contributed by atoms with van der Waals surface area (Å²) in [7, 11) is 0. The Hall–Kier alpha value is -2.29. The van der Waals surface area contributed by atoms with Crippen molar-refractivity contribution < 1.29 is 9.53 Å². The number of amides is 1. The minimum atomic E-state index is 0.405. The van der Waals surface area contributed by atoms with Gasteiger partial charge in [0.1, 0.15) is 11.5 Å². The van der Waals surface area contributed by atoms with Crippen molar-refractivity contribution >= 4 is 5.91 Å². The number of hydrogen-bond acceptors (Lipinski definition) is 2. The van der Waals surface area contributed by atoms with E-state index < -0.39 is 0 Å². The van der Waals surface area contributed by atoms with Crippen molar-refractivity contribution in [3.63, 3.8) is 0 Å². The molecule has 0 spiro atoms. The number of rotatable bonds is 3. The SMILES string of the molecule is O=C1CCCN1C1CCCCC1.c1ccc(Oc2ccccc2)cc1. The first-order valence-corrected chi connectivity index (χ1v) is 9.40. The average molecular weight is 337 g/mol. The van der Waals surface area contributed by atoms with Crippen LogP contribution in [0.4, 0.5) is 0 Å². The fraction of sp³-hybridized carbons (Fsp3) is 0.409. The van der Waals surface area contributed by atoms with Crippen LogP contribution in [0, 0.1) is 0 Å².